The number of aryl methyl sites for hydroxylation is 2. The standard InChI is InChI=1S/C12H14ClN3/c1-3-4-10-8-11(13)16(15-10)12-7-9(2)5-6-14-12/h5-8H,3-4H2,1-2H3. The molecule has 3 nitrogen and oxygen atoms in total. The summed E-state index contributed by atoms with van der Waals surface area (Å²) in [5.74, 6) is 0.771. The second-order valence-corrected chi connectivity index (χ2v) is 4.20. The Kier molecular flexibility index (Phi) is 3.25. The monoisotopic (exact) mass is 235 g/mol. The fraction of sp³-hybridized carbons (Fsp3) is 0.333. The zero-order valence-corrected chi connectivity index (χ0v) is 10.2. The highest BCUT2D eigenvalue weighted by molar-refractivity contribution is 6.29. The van der Waals surface area contributed by atoms with Crippen LogP contribution in [0.1, 0.15) is 24.6 Å². The van der Waals surface area contributed by atoms with E-state index < -0.39 is 0 Å². The summed E-state index contributed by atoms with van der Waals surface area (Å²) in [6, 6.07) is 5.82. The first-order chi connectivity index (χ1) is 7.70. The van der Waals surface area contributed by atoms with E-state index in [9.17, 15) is 0 Å². The molecular formula is C12H14ClN3. The predicted octanol–water partition coefficient (Wildman–Crippen LogP) is 3.18. The Hall–Kier alpha value is -1.35. The van der Waals surface area contributed by atoms with E-state index in [0.717, 1.165) is 29.9 Å². The van der Waals surface area contributed by atoms with Gasteiger partial charge in [-0.25, -0.2) is 9.67 Å². The van der Waals surface area contributed by atoms with Gasteiger partial charge in [0.1, 0.15) is 5.15 Å². The number of hydrogen-bond acceptors (Lipinski definition) is 2. The van der Waals surface area contributed by atoms with Crippen molar-refractivity contribution < 1.29 is 0 Å². The largest absolute Gasteiger partial charge is 0.237 e. The van der Waals surface area contributed by atoms with Crippen molar-refractivity contribution in [2.45, 2.75) is 26.7 Å². The SMILES string of the molecule is CCCc1cc(Cl)n(-c2cc(C)ccn2)n1. The van der Waals surface area contributed by atoms with Crippen LogP contribution >= 0.6 is 11.6 Å². The lowest BCUT2D eigenvalue weighted by molar-refractivity contribution is 0.790. The maximum Gasteiger partial charge on any atom is 0.155 e. The van der Waals surface area contributed by atoms with Crippen molar-refractivity contribution in [2.24, 2.45) is 0 Å². The molecule has 2 aromatic heterocycles. The summed E-state index contributed by atoms with van der Waals surface area (Å²) < 4.78 is 1.68. The first-order valence-electron chi connectivity index (χ1n) is 5.38. The van der Waals surface area contributed by atoms with E-state index in [1.54, 1.807) is 10.9 Å². The molecule has 0 spiro atoms. The van der Waals surface area contributed by atoms with Crippen molar-refractivity contribution in [3.8, 4) is 5.82 Å². The van der Waals surface area contributed by atoms with Gasteiger partial charge >= 0.3 is 0 Å². The number of halogens is 1. The molecule has 0 unspecified atom stereocenters. The summed E-state index contributed by atoms with van der Waals surface area (Å²) in [5.41, 5.74) is 2.16. The molecule has 0 bridgehead atoms. The van der Waals surface area contributed by atoms with Crippen LogP contribution in [-0.2, 0) is 6.42 Å². The van der Waals surface area contributed by atoms with Gasteiger partial charge in [0.2, 0.25) is 0 Å². The number of pyridine rings is 1. The minimum Gasteiger partial charge on any atom is -0.237 e. The molecule has 0 saturated carbocycles. The normalized spacial score (nSPS) is 10.7. The minimum atomic E-state index is 0.613. The van der Waals surface area contributed by atoms with Crippen molar-refractivity contribution >= 4 is 11.6 Å². The predicted molar refractivity (Wildman–Crippen MR) is 65.1 cm³/mol. The van der Waals surface area contributed by atoms with Gasteiger partial charge in [0.25, 0.3) is 0 Å². The van der Waals surface area contributed by atoms with Gasteiger partial charge < -0.3 is 0 Å². The highest BCUT2D eigenvalue weighted by atomic mass is 35.5. The zero-order valence-electron chi connectivity index (χ0n) is 9.44. The topological polar surface area (TPSA) is 30.7 Å². The van der Waals surface area contributed by atoms with Crippen LogP contribution in [0, 0.1) is 6.92 Å². The molecule has 0 aliphatic heterocycles. The highest BCUT2D eigenvalue weighted by Crippen LogP contribution is 2.17. The fourth-order valence-electron chi connectivity index (χ4n) is 1.58. The molecule has 0 radical (unpaired) electrons. The quantitative estimate of drug-likeness (QED) is 0.818. The van der Waals surface area contributed by atoms with Crippen LogP contribution in [0.15, 0.2) is 24.4 Å². The molecule has 2 aromatic rings. The third-order valence-corrected chi connectivity index (χ3v) is 2.61. The second-order valence-electron chi connectivity index (χ2n) is 3.81. The Balaban J connectivity index is 2.40. The Labute approximate surface area is 100 Å². The molecule has 0 N–H and O–H groups in total. The average Bonchev–Trinajstić information content (AvgIpc) is 2.60. The summed E-state index contributed by atoms with van der Waals surface area (Å²) in [4.78, 5) is 4.26. The lowest BCUT2D eigenvalue weighted by Gasteiger charge is -2.02. The first-order valence-corrected chi connectivity index (χ1v) is 5.76. The molecule has 2 heterocycles. The molecule has 0 amide bonds. The van der Waals surface area contributed by atoms with E-state index in [4.69, 9.17) is 11.6 Å². The van der Waals surface area contributed by atoms with Gasteiger partial charge in [-0.2, -0.15) is 5.10 Å². The van der Waals surface area contributed by atoms with Gasteiger partial charge in [-0.3, -0.25) is 0 Å². The van der Waals surface area contributed by atoms with Crippen LogP contribution in [0.5, 0.6) is 0 Å². The Morgan fingerprint density at radius 1 is 1.38 bits per heavy atom. The van der Waals surface area contributed by atoms with E-state index in [0.29, 0.717) is 5.15 Å². The Bertz CT molecular complexity index is 491. The van der Waals surface area contributed by atoms with Crippen molar-refractivity contribution in [3.63, 3.8) is 0 Å². The van der Waals surface area contributed by atoms with Crippen LogP contribution in [0.2, 0.25) is 5.15 Å². The van der Waals surface area contributed by atoms with Gasteiger partial charge in [0, 0.05) is 6.20 Å². The summed E-state index contributed by atoms with van der Waals surface area (Å²) in [6.07, 6.45) is 3.77. The van der Waals surface area contributed by atoms with Crippen molar-refractivity contribution in [1.82, 2.24) is 14.8 Å². The second kappa shape index (κ2) is 4.66. The van der Waals surface area contributed by atoms with Crippen LogP contribution < -0.4 is 0 Å². The van der Waals surface area contributed by atoms with Crippen LogP contribution in [-0.4, -0.2) is 14.8 Å². The first kappa shape index (κ1) is 11.1. The fourth-order valence-corrected chi connectivity index (χ4v) is 1.83. The van der Waals surface area contributed by atoms with E-state index >= 15 is 0 Å². The lowest BCUT2D eigenvalue weighted by atomic mass is 10.3. The molecule has 0 aromatic carbocycles. The number of nitrogens with zero attached hydrogens (tertiary/aromatic N) is 3. The van der Waals surface area contributed by atoms with Gasteiger partial charge in [-0.1, -0.05) is 24.9 Å². The summed E-state index contributed by atoms with van der Waals surface area (Å²) in [6.45, 7) is 4.15. The van der Waals surface area contributed by atoms with Crippen molar-refractivity contribution in [2.75, 3.05) is 0 Å². The minimum absolute atomic E-state index is 0.613. The molecule has 16 heavy (non-hydrogen) atoms. The van der Waals surface area contributed by atoms with E-state index in [1.165, 1.54) is 0 Å². The third-order valence-electron chi connectivity index (χ3n) is 2.34. The van der Waals surface area contributed by atoms with Crippen molar-refractivity contribution in [1.29, 1.82) is 0 Å². The average molecular weight is 236 g/mol. The molecule has 0 saturated heterocycles. The van der Waals surface area contributed by atoms with Gasteiger partial charge in [-0.05, 0) is 37.1 Å². The van der Waals surface area contributed by atoms with Crippen LogP contribution in [0.3, 0.4) is 0 Å². The number of aromatic nitrogens is 3. The molecular weight excluding hydrogens is 222 g/mol. The summed E-state index contributed by atoms with van der Waals surface area (Å²) in [7, 11) is 0. The molecule has 84 valence electrons. The molecule has 0 aliphatic rings. The molecule has 0 atom stereocenters. The zero-order chi connectivity index (χ0) is 11.5. The smallest absolute Gasteiger partial charge is 0.155 e. The summed E-state index contributed by atoms with van der Waals surface area (Å²) in [5, 5.41) is 5.05. The maximum absolute atomic E-state index is 6.13. The van der Waals surface area contributed by atoms with Crippen LogP contribution in [0.25, 0.3) is 5.82 Å². The van der Waals surface area contributed by atoms with Crippen molar-refractivity contribution in [3.05, 3.63) is 40.8 Å². The van der Waals surface area contributed by atoms with Crippen LogP contribution in [0.4, 0.5) is 0 Å². The number of rotatable bonds is 3. The van der Waals surface area contributed by atoms with E-state index in [2.05, 4.69) is 17.0 Å². The number of hydrogen-bond donors (Lipinski definition) is 0. The Morgan fingerprint density at radius 3 is 2.88 bits per heavy atom. The Morgan fingerprint density at radius 2 is 2.19 bits per heavy atom. The van der Waals surface area contributed by atoms with E-state index in [-0.39, 0.29) is 0 Å². The van der Waals surface area contributed by atoms with Gasteiger partial charge in [-0.15, -0.1) is 0 Å². The lowest BCUT2D eigenvalue weighted by Crippen LogP contribution is -2.00. The van der Waals surface area contributed by atoms with Gasteiger partial charge in [0.05, 0.1) is 5.69 Å². The molecule has 0 fully saturated rings. The molecule has 0 aliphatic carbocycles. The molecule has 4 heteroatoms. The van der Waals surface area contributed by atoms with Gasteiger partial charge in [0.15, 0.2) is 5.82 Å². The third kappa shape index (κ3) is 2.25. The highest BCUT2D eigenvalue weighted by Gasteiger charge is 2.07. The summed E-state index contributed by atoms with van der Waals surface area (Å²) >= 11 is 6.13. The molecule has 2 rings (SSSR count). The maximum atomic E-state index is 6.13. The van der Waals surface area contributed by atoms with E-state index in [1.807, 2.05) is 25.1 Å².